The Labute approximate surface area is 112 Å². The first-order valence-corrected chi connectivity index (χ1v) is 5.97. The Kier molecular flexibility index (Phi) is 3.81. The van der Waals surface area contributed by atoms with Gasteiger partial charge >= 0.3 is 0 Å². The van der Waals surface area contributed by atoms with Crippen molar-refractivity contribution in [3.8, 4) is 5.75 Å². The highest BCUT2D eigenvalue weighted by Gasteiger charge is 2.06. The second-order valence-electron chi connectivity index (χ2n) is 3.71. The summed E-state index contributed by atoms with van der Waals surface area (Å²) in [5.74, 6) is -0.415. The maximum absolute atomic E-state index is 13.0. The molecule has 94 valence electrons. The van der Waals surface area contributed by atoms with Crippen LogP contribution in [0.25, 0.3) is 0 Å². The molecular formula is C13H10BrF2NO. The Hall–Kier alpha value is -1.62. The van der Waals surface area contributed by atoms with Gasteiger partial charge in [0.25, 0.3) is 0 Å². The first-order chi connectivity index (χ1) is 8.56. The third-order valence-electron chi connectivity index (χ3n) is 2.38. The summed E-state index contributed by atoms with van der Waals surface area (Å²) in [4.78, 5) is 0. The second kappa shape index (κ2) is 5.35. The third kappa shape index (κ3) is 2.98. The molecule has 2 nitrogen and oxygen atoms in total. The predicted octanol–water partition coefficient (Wildman–Crippen LogP) is 3.89. The Bertz CT molecular complexity index is 575. The molecule has 5 heteroatoms. The van der Waals surface area contributed by atoms with Crippen LogP contribution in [0.2, 0.25) is 0 Å². The molecule has 2 N–H and O–H groups in total. The number of anilines is 1. The van der Waals surface area contributed by atoms with Crippen LogP contribution < -0.4 is 10.5 Å². The van der Waals surface area contributed by atoms with Crippen LogP contribution >= 0.6 is 15.9 Å². The van der Waals surface area contributed by atoms with Crippen LogP contribution in [0.1, 0.15) is 5.56 Å². The van der Waals surface area contributed by atoms with Gasteiger partial charge in [-0.15, -0.1) is 0 Å². The van der Waals surface area contributed by atoms with Gasteiger partial charge in [-0.25, -0.2) is 8.78 Å². The highest BCUT2D eigenvalue weighted by Crippen LogP contribution is 2.27. The summed E-state index contributed by atoms with van der Waals surface area (Å²) in [6.45, 7) is 0.147. The predicted molar refractivity (Wildman–Crippen MR) is 69.2 cm³/mol. The Balaban J connectivity index is 2.13. The van der Waals surface area contributed by atoms with Crippen LogP contribution in [-0.4, -0.2) is 0 Å². The molecule has 18 heavy (non-hydrogen) atoms. The smallest absolute Gasteiger partial charge is 0.136 e. The van der Waals surface area contributed by atoms with Crippen LogP contribution in [0.5, 0.6) is 5.75 Å². The third-order valence-corrected chi connectivity index (χ3v) is 3.04. The fourth-order valence-corrected chi connectivity index (χ4v) is 1.80. The Morgan fingerprint density at radius 1 is 1.06 bits per heavy atom. The minimum Gasteiger partial charge on any atom is -0.488 e. The van der Waals surface area contributed by atoms with Gasteiger partial charge in [-0.3, -0.25) is 0 Å². The van der Waals surface area contributed by atoms with Crippen LogP contribution in [0.4, 0.5) is 14.5 Å². The zero-order chi connectivity index (χ0) is 13.1. The van der Waals surface area contributed by atoms with Gasteiger partial charge in [-0.05, 0) is 40.2 Å². The molecule has 0 heterocycles. The monoisotopic (exact) mass is 313 g/mol. The van der Waals surface area contributed by atoms with Crippen LogP contribution in [0.3, 0.4) is 0 Å². The van der Waals surface area contributed by atoms with Crippen LogP contribution in [-0.2, 0) is 6.61 Å². The van der Waals surface area contributed by atoms with Crippen molar-refractivity contribution in [3.63, 3.8) is 0 Å². The van der Waals surface area contributed by atoms with E-state index in [1.54, 1.807) is 6.07 Å². The van der Waals surface area contributed by atoms with Gasteiger partial charge in [0.05, 0.1) is 4.47 Å². The molecule has 0 bridgehead atoms. The molecule has 2 aromatic rings. The van der Waals surface area contributed by atoms with E-state index in [2.05, 4.69) is 15.9 Å². The quantitative estimate of drug-likeness (QED) is 0.873. The van der Waals surface area contributed by atoms with Crippen LogP contribution in [0.15, 0.2) is 40.9 Å². The minimum absolute atomic E-state index is 0.147. The maximum atomic E-state index is 13.0. The number of rotatable bonds is 3. The molecule has 0 aromatic heterocycles. The van der Waals surface area contributed by atoms with E-state index in [0.29, 0.717) is 21.5 Å². The number of benzene rings is 2. The summed E-state index contributed by atoms with van der Waals surface area (Å²) in [5, 5.41) is 0. The van der Waals surface area contributed by atoms with E-state index in [-0.39, 0.29) is 12.4 Å². The Morgan fingerprint density at radius 2 is 1.72 bits per heavy atom. The van der Waals surface area contributed by atoms with Crippen molar-refractivity contribution in [3.05, 3.63) is 58.1 Å². The van der Waals surface area contributed by atoms with Gasteiger partial charge in [-0.1, -0.05) is 6.07 Å². The molecule has 2 rings (SSSR count). The molecule has 0 aliphatic rings. The average Bonchev–Trinajstić information content (AvgIpc) is 2.32. The van der Waals surface area contributed by atoms with Crippen LogP contribution in [0, 0.1) is 11.6 Å². The summed E-state index contributed by atoms with van der Waals surface area (Å²) in [6.07, 6.45) is 0. The largest absolute Gasteiger partial charge is 0.488 e. The number of hydrogen-bond donors (Lipinski definition) is 1. The summed E-state index contributed by atoms with van der Waals surface area (Å²) in [6, 6.07) is 8.21. The molecule has 0 aliphatic heterocycles. The van der Waals surface area contributed by atoms with E-state index >= 15 is 0 Å². The fraction of sp³-hybridized carbons (Fsp3) is 0.0769. The van der Waals surface area contributed by atoms with Crippen molar-refractivity contribution < 1.29 is 13.5 Å². The Morgan fingerprint density at radius 3 is 2.44 bits per heavy atom. The van der Waals surface area contributed by atoms with Gasteiger partial charge in [0.1, 0.15) is 24.0 Å². The number of ether oxygens (including phenoxy) is 1. The molecule has 0 radical (unpaired) electrons. The molecule has 2 aromatic carbocycles. The van der Waals surface area contributed by atoms with Crippen molar-refractivity contribution in [1.29, 1.82) is 0 Å². The first kappa shape index (κ1) is 12.8. The van der Waals surface area contributed by atoms with Crippen molar-refractivity contribution >= 4 is 21.6 Å². The van der Waals surface area contributed by atoms with E-state index in [0.717, 1.165) is 0 Å². The zero-order valence-electron chi connectivity index (χ0n) is 9.29. The maximum Gasteiger partial charge on any atom is 0.136 e. The van der Waals surface area contributed by atoms with Crippen molar-refractivity contribution in [2.24, 2.45) is 0 Å². The summed E-state index contributed by atoms with van der Waals surface area (Å²) in [7, 11) is 0. The number of halogens is 3. The lowest BCUT2D eigenvalue weighted by molar-refractivity contribution is 0.303. The van der Waals surface area contributed by atoms with E-state index < -0.39 is 5.82 Å². The normalized spacial score (nSPS) is 10.4. The lowest BCUT2D eigenvalue weighted by Gasteiger charge is -2.10. The standard InChI is InChI=1S/C13H10BrF2NO/c14-11-4-3-10(16)6-13(11)18-7-8-1-2-9(15)5-12(8)17/h1-6H,7,17H2. The fourth-order valence-electron chi connectivity index (χ4n) is 1.44. The molecule has 0 aliphatic carbocycles. The highest BCUT2D eigenvalue weighted by atomic mass is 79.9. The number of nitrogen functional groups attached to an aromatic ring is 1. The van der Waals surface area contributed by atoms with E-state index in [9.17, 15) is 8.78 Å². The minimum atomic E-state index is -0.400. The molecule has 0 saturated carbocycles. The van der Waals surface area contributed by atoms with Gasteiger partial charge < -0.3 is 10.5 Å². The summed E-state index contributed by atoms with van der Waals surface area (Å²) >= 11 is 3.25. The highest BCUT2D eigenvalue weighted by molar-refractivity contribution is 9.10. The number of hydrogen-bond acceptors (Lipinski definition) is 2. The van der Waals surface area contributed by atoms with Crippen molar-refractivity contribution in [2.75, 3.05) is 5.73 Å². The lowest BCUT2D eigenvalue weighted by atomic mass is 10.2. The molecular weight excluding hydrogens is 304 g/mol. The zero-order valence-corrected chi connectivity index (χ0v) is 10.9. The lowest BCUT2D eigenvalue weighted by Crippen LogP contribution is -2.01. The van der Waals surface area contributed by atoms with Gasteiger partial charge in [0.15, 0.2) is 0 Å². The second-order valence-corrected chi connectivity index (χ2v) is 4.56. The van der Waals surface area contributed by atoms with Gasteiger partial charge in [-0.2, -0.15) is 0 Å². The van der Waals surface area contributed by atoms with E-state index in [4.69, 9.17) is 10.5 Å². The molecule has 0 fully saturated rings. The number of nitrogens with two attached hydrogens (primary N) is 1. The summed E-state index contributed by atoms with van der Waals surface area (Å²) in [5.41, 5.74) is 6.60. The summed E-state index contributed by atoms with van der Waals surface area (Å²) < 4.78 is 32.0. The first-order valence-electron chi connectivity index (χ1n) is 5.18. The molecule has 0 atom stereocenters. The molecule has 0 saturated heterocycles. The van der Waals surface area contributed by atoms with Gasteiger partial charge in [0, 0.05) is 17.3 Å². The van der Waals surface area contributed by atoms with Crippen molar-refractivity contribution in [2.45, 2.75) is 6.61 Å². The van der Waals surface area contributed by atoms with Gasteiger partial charge in [0.2, 0.25) is 0 Å². The molecule has 0 spiro atoms. The topological polar surface area (TPSA) is 35.2 Å². The van der Waals surface area contributed by atoms with Crippen molar-refractivity contribution in [1.82, 2.24) is 0 Å². The molecule has 0 unspecified atom stereocenters. The van der Waals surface area contributed by atoms with E-state index in [1.165, 1.54) is 30.3 Å². The average molecular weight is 314 g/mol. The molecule has 0 amide bonds. The van der Waals surface area contributed by atoms with E-state index in [1.807, 2.05) is 0 Å². The SMILES string of the molecule is Nc1cc(F)ccc1COc1cc(F)ccc1Br.